The number of hydrogen-bond acceptors (Lipinski definition) is 8. The van der Waals surface area contributed by atoms with Gasteiger partial charge in [-0.1, -0.05) is 23.7 Å². The lowest BCUT2D eigenvalue weighted by atomic mass is 10.1. The fraction of sp³-hybridized carbons (Fsp3) is 0.250. The van der Waals surface area contributed by atoms with Crippen molar-refractivity contribution in [3.63, 3.8) is 0 Å². The minimum atomic E-state index is -0.252. The highest BCUT2D eigenvalue weighted by molar-refractivity contribution is 6.35. The van der Waals surface area contributed by atoms with Gasteiger partial charge in [-0.3, -0.25) is 4.79 Å². The summed E-state index contributed by atoms with van der Waals surface area (Å²) >= 11 is 6.34. The summed E-state index contributed by atoms with van der Waals surface area (Å²) in [7, 11) is 3.41. The SMILES string of the molecule is CC(Nc1nc(N)n2nccc2n1)c1cc2cccc(Cl)c2nc1NCC(=O)N(C)C. The molecule has 31 heavy (non-hydrogen) atoms. The number of carbonyl (C=O) groups is 1. The Labute approximate surface area is 183 Å². The summed E-state index contributed by atoms with van der Waals surface area (Å²) in [6.07, 6.45) is 1.61. The third-order valence-corrected chi connectivity index (χ3v) is 5.13. The molecule has 4 N–H and O–H groups in total. The Morgan fingerprint density at radius 1 is 1.26 bits per heavy atom. The maximum Gasteiger partial charge on any atom is 0.241 e. The highest BCUT2D eigenvalue weighted by Crippen LogP contribution is 2.30. The van der Waals surface area contributed by atoms with Crippen LogP contribution in [0.5, 0.6) is 0 Å². The number of amides is 1. The van der Waals surface area contributed by atoms with Crippen LogP contribution >= 0.6 is 11.6 Å². The number of anilines is 3. The molecule has 0 spiro atoms. The fourth-order valence-electron chi connectivity index (χ4n) is 3.15. The second kappa shape index (κ2) is 8.23. The maximum absolute atomic E-state index is 12.1. The van der Waals surface area contributed by atoms with Crippen LogP contribution in [0.15, 0.2) is 36.5 Å². The summed E-state index contributed by atoms with van der Waals surface area (Å²) in [5.74, 6) is 1.06. The van der Waals surface area contributed by atoms with Crippen LogP contribution in [0.25, 0.3) is 16.6 Å². The molecule has 160 valence electrons. The summed E-state index contributed by atoms with van der Waals surface area (Å²) in [4.78, 5) is 27.0. The molecule has 4 aromatic rings. The zero-order valence-electron chi connectivity index (χ0n) is 17.3. The molecule has 0 aliphatic rings. The van der Waals surface area contributed by atoms with Crippen molar-refractivity contribution in [1.29, 1.82) is 0 Å². The Kier molecular flexibility index (Phi) is 5.47. The summed E-state index contributed by atoms with van der Waals surface area (Å²) in [5, 5.41) is 11.9. The van der Waals surface area contributed by atoms with Crippen molar-refractivity contribution in [2.24, 2.45) is 0 Å². The largest absolute Gasteiger partial charge is 0.368 e. The topological polar surface area (TPSA) is 126 Å². The van der Waals surface area contributed by atoms with E-state index in [0.29, 0.717) is 28.0 Å². The second-order valence-corrected chi connectivity index (χ2v) is 7.66. The van der Waals surface area contributed by atoms with E-state index in [1.165, 1.54) is 9.42 Å². The number of fused-ring (bicyclic) bond motifs is 2. The van der Waals surface area contributed by atoms with E-state index in [1.807, 2.05) is 25.1 Å². The molecule has 0 bridgehead atoms. The Morgan fingerprint density at radius 2 is 2.06 bits per heavy atom. The molecule has 1 amide bonds. The molecule has 0 aliphatic heterocycles. The number of likely N-dealkylation sites (N-methyl/N-ethyl adjacent to an activating group) is 1. The van der Waals surface area contributed by atoms with Gasteiger partial charge in [0.25, 0.3) is 0 Å². The van der Waals surface area contributed by atoms with Gasteiger partial charge in [0.1, 0.15) is 5.82 Å². The fourth-order valence-corrected chi connectivity index (χ4v) is 3.37. The van der Waals surface area contributed by atoms with Gasteiger partial charge in [0.15, 0.2) is 5.65 Å². The van der Waals surface area contributed by atoms with E-state index < -0.39 is 0 Å². The molecular weight excluding hydrogens is 418 g/mol. The number of nitrogens with zero attached hydrogens (tertiary/aromatic N) is 6. The van der Waals surface area contributed by atoms with Crippen LogP contribution in [-0.4, -0.2) is 56.0 Å². The molecule has 4 rings (SSSR count). The van der Waals surface area contributed by atoms with E-state index in [9.17, 15) is 4.79 Å². The summed E-state index contributed by atoms with van der Waals surface area (Å²) in [6.45, 7) is 2.05. The molecule has 10 nitrogen and oxygen atoms in total. The highest BCUT2D eigenvalue weighted by Gasteiger charge is 2.18. The van der Waals surface area contributed by atoms with Crippen LogP contribution < -0.4 is 16.4 Å². The Morgan fingerprint density at radius 3 is 2.84 bits per heavy atom. The van der Waals surface area contributed by atoms with Crippen LogP contribution in [-0.2, 0) is 4.79 Å². The van der Waals surface area contributed by atoms with Gasteiger partial charge < -0.3 is 21.3 Å². The lowest BCUT2D eigenvalue weighted by Gasteiger charge is -2.20. The molecular formula is C20H22ClN9O. The Hall–Kier alpha value is -3.66. The van der Waals surface area contributed by atoms with Crippen LogP contribution in [0.1, 0.15) is 18.5 Å². The minimum absolute atomic E-state index is 0.0742. The molecule has 3 heterocycles. The van der Waals surface area contributed by atoms with Crippen molar-refractivity contribution < 1.29 is 4.79 Å². The lowest BCUT2D eigenvalue weighted by molar-refractivity contribution is -0.126. The number of pyridine rings is 1. The third kappa shape index (κ3) is 4.15. The molecule has 0 aliphatic carbocycles. The molecule has 11 heteroatoms. The van der Waals surface area contributed by atoms with E-state index in [4.69, 9.17) is 22.3 Å². The predicted octanol–water partition coefficient (Wildman–Crippen LogP) is 2.58. The van der Waals surface area contributed by atoms with Gasteiger partial charge in [0, 0.05) is 31.1 Å². The van der Waals surface area contributed by atoms with Gasteiger partial charge in [0.2, 0.25) is 17.8 Å². The van der Waals surface area contributed by atoms with Gasteiger partial charge in [-0.2, -0.15) is 19.6 Å². The highest BCUT2D eigenvalue weighted by atomic mass is 35.5. The van der Waals surface area contributed by atoms with Gasteiger partial charge in [-0.15, -0.1) is 0 Å². The Bertz CT molecular complexity index is 1270. The average Bonchev–Trinajstić information content (AvgIpc) is 3.21. The molecule has 0 radical (unpaired) electrons. The first-order valence-corrected chi connectivity index (χ1v) is 9.98. The summed E-state index contributed by atoms with van der Waals surface area (Å²) in [5.41, 5.74) is 8.04. The maximum atomic E-state index is 12.1. The third-order valence-electron chi connectivity index (χ3n) is 4.82. The van der Waals surface area contributed by atoms with Crippen LogP contribution in [0, 0.1) is 0 Å². The first kappa shape index (κ1) is 20.6. The second-order valence-electron chi connectivity index (χ2n) is 7.25. The summed E-state index contributed by atoms with van der Waals surface area (Å²) < 4.78 is 1.45. The number of rotatable bonds is 6. The molecule has 0 saturated carbocycles. The van der Waals surface area contributed by atoms with Crippen molar-refractivity contribution in [1.82, 2.24) is 29.5 Å². The number of hydrogen-bond donors (Lipinski definition) is 3. The van der Waals surface area contributed by atoms with E-state index in [0.717, 1.165) is 10.9 Å². The predicted molar refractivity (Wildman–Crippen MR) is 121 cm³/mol. The minimum Gasteiger partial charge on any atom is -0.368 e. The number of carbonyl (C=O) groups excluding carboxylic acids is 1. The average molecular weight is 440 g/mol. The zero-order chi connectivity index (χ0) is 22.1. The number of aromatic nitrogens is 5. The molecule has 1 aromatic carbocycles. The number of nitrogens with one attached hydrogen (secondary N) is 2. The standard InChI is InChI=1S/C20H22ClN9O/c1-11(25-20-26-15-7-8-24-30(15)19(22)28-20)13-9-12-5-4-6-14(21)17(12)27-18(13)23-10-16(31)29(2)3/h4-9,11H,10H2,1-3H3,(H,23,27)(H3,22,25,26,28). The van der Waals surface area contributed by atoms with Gasteiger partial charge >= 0.3 is 0 Å². The van der Waals surface area contributed by atoms with Crippen molar-refractivity contribution in [2.75, 3.05) is 37.0 Å². The first-order chi connectivity index (χ1) is 14.8. The lowest BCUT2D eigenvalue weighted by Crippen LogP contribution is -2.29. The van der Waals surface area contributed by atoms with Crippen molar-refractivity contribution in [2.45, 2.75) is 13.0 Å². The van der Waals surface area contributed by atoms with E-state index in [-0.39, 0.29) is 24.4 Å². The summed E-state index contributed by atoms with van der Waals surface area (Å²) in [6, 6.07) is 9.06. The number of halogens is 1. The zero-order valence-corrected chi connectivity index (χ0v) is 18.1. The van der Waals surface area contributed by atoms with Crippen molar-refractivity contribution in [3.05, 3.63) is 47.1 Å². The number of nitrogens with two attached hydrogens (primary N) is 1. The van der Waals surface area contributed by atoms with E-state index in [2.05, 4.69) is 25.7 Å². The molecule has 1 atom stereocenters. The van der Waals surface area contributed by atoms with Crippen molar-refractivity contribution >= 4 is 51.8 Å². The van der Waals surface area contributed by atoms with E-state index in [1.54, 1.807) is 32.4 Å². The smallest absolute Gasteiger partial charge is 0.241 e. The first-order valence-electron chi connectivity index (χ1n) is 9.60. The van der Waals surface area contributed by atoms with Crippen LogP contribution in [0.2, 0.25) is 5.02 Å². The number of para-hydroxylation sites is 1. The quantitative estimate of drug-likeness (QED) is 0.418. The van der Waals surface area contributed by atoms with Crippen molar-refractivity contribution in [3.8, 4) is 0 Å². The van der Waals surface area contributed by atoms with Crippen LogP contribution in [0.4, 0.5) is 17.7 Å². The molecule has 1 unspecified atom stereocenters. The van der Waals surface area contributed by atoms with Gasteiger partial charge in [0.05, 0.1) is 29.3 Å². The monoisotopic (exact) mass is 439 g/mol. The Balaban J connectivity index is 1.70. The molecule has 3 aromatic heterocycles. The van der Waals surface area contributed by atoms with Gasteiger partial charge in [-0.25, -0.2) is 4.98 Å². The van der Waals surface area contributed by atoms with Crippen LogP contribution in [0.3, 0.4) is 0 Å². The number of nitrogen functional groups attached to an aromatic ring is 1. The molecule has 0 saturated heterocycles. The van der Waals surface area contributed by atoms with Gasteiger partial charge in [-0.05, 0) is 19.1 Å². The normalized spacial score (nSPS) is 12.1. The molecule has 0 fully saturated rings. The van der Waals surface area contributed by atoms with E-state index >= 15 is 0 Å². The number of benzene rings is 1.